The number of primary amides is 2. The fourth-order valence-corrected chi connectivity index (χ4v) is 1.50. The van der Waals surface area contributed by atoms with Gasteiger partial charge in [0.15, 0.2) is 11.5 Å². The van der Waals surface area contributed by atoms with E-state index in [0.717, 1.165) is 24.0 Å². The molecule has 0 fully saturated rings. The van der Waals surface area contributed by atoms with Crippen LogP contribution in [0.4, 0.5) is 0 Å². The Labute approximate surface area is 73.7 Å². The van der Waals surface area contributed by atoms with Gasteiger partial charge in [-0.25, -0.2) is 0 Å². The lowest BCUT2D eigenvalue weighted by Crippen LogP contribution is -2.18. The standard InChI is InChI=1S/C8H8N2O3/c9-7(11)5-3-1-2-4(3)6(13-5)8(10)12/h1-2H2,(H2,9,11)(H2,10,12). The number of rotatable bonds is 2. The lowest BCUT2D eigenvalue weighted by molar-refractivity contribution is 0.0950. The number of carbonyl (C=O) groups is 2. The van der Waals surface area contributed by atoms with E-state index in [-0.39, 0.29) is 11.5 Å². The second-order valence-corrected chi connectivity index (χ2v) is 2.95. The van der Waals surface area contributed by atoms with Gasteiger partial charge in [0.25, 0.3) is 11.8 Å². The third kappa shape index (κ3) is 0.932. The summed E-state index contributed by atoms with van der Waals surface area (Å²) in [6.45, 7) is 0. The molecule has 1 aromatic rings. The summed E-state index contributed by atoms with van der Waals surface area (Å²) in [5, 5.41) is 0. The maximum Gasteiger partial charge on any atom is 0.284 e. The van der Waals surface area contributed by atoms with Gasteiger partial charge in [0.1, 0.15) is 0 Å². The summed E-state index contributed by atoms with van der Waals surface area (Å²) in [5.74, 6) is -1.14. The van der Waals surface area contributed by atoms with Gasteiger partial charge in [0.2, 0.25) is 0 Å². The van der Waals surface area contributed by atoms with E-state index in [1.54, 1.807) is 0 Å². The molecule has 1 heterocycles. The molecule has 0 bridgehead atoms. The molecule has 0 saturated carbocycles. The number of amides is 2. The largest absolute Gasteiger partial charge is 0.445 e. The molecule has 0 saturated heterocycles. The smallest absolute Gasteiger partial charge is 0.284 e. The van der Waals surface area contributed by atoms with E-state index in [1.807, 2.05) is 0 Å². The van der Waals surface area contributed by atoms with E-state index in [2.05, 4.69) is 0 Å². The zero-order chi connectivity index (χ0) is 9.59. The van der Waals surface area contributed by atoms with Crippen molar-refractivity contribution in [3.8, 4) is 0 Å². The van der Waals surface area contributed by atoms with Crippen molar-refractivity contribution in [1.82, 2.24) is 0 Å². The van der Waals surface area contributed by atoms with Crippen LogP contribution in [0.1, 0.15) is 32.2 Å². The lowest BCUT2D eigenvalue weighted by atomic mass is 9.88. The van der Waals surface area contributed by atoms with E-state index in [9.17, 15) is 9.59 Å². The first kappa shape index (κ1) is 7.85. The molecule has 1 aromatic heterocycles. The minimum atomic E-state index is -0.650. The van der Waals surface area contributed by atoms with Crippen LogP contribution in [0.25, 0.3) is 0 Å². The predicted octanol–water partition coefficient (Wildman–Crippen LogP) is -0.424. The molecule has 13 heavy (non-hydrogen) atoms. The van der Waals surface area contributed by atoms with E-state index in [1.165, 1.54) is 0 Å². The Kier molecular flexibility index (Phi) is 1.42. The highest BCUT2D eigenvalue weighted by Gasteiger charge is 2.31. The van der Waals surface area contributed by atoms with Gasteiger partial charge in [-0.05, 0) is 12.8 Å². The molecule has 5 nitrogen and oxygen atoms in total. The normalized spacial score (nSPS) is 13.2. The highest BCUT2D eigenvalue weighted by Crippen LogP contribution is 2.32. The Bertz CT molecular complexity index is 369. The molecule has 0 radical (unpaired) electrons. The van der Waals surface area contributed by atoms with Crippen LogP contribution in [0, 0.1) is 0 Å². The molecule has 0 aromatic carbocycles. The van der Waals surface area contributed by atoms with Gasteiger partial charge in [0, 0.05) is 11.1 Å². The zero-order valence-corrected chi connectivity index (χ0v) is 6.79. The van der Waals surface area contributed by atoms with E-state index in [0.29, 0.717) is 0 Å². The summed E-state index contributed by atoms with van der Waals surface area (Å²) >= 11 is 0. The molecule has 4 N–H and O–H groups in total. The topological polar surface area (TPSA) is 99.3 Å². The Balaban J connectivity index is 2.57. The summed E-state index contributed by atoms with van der Waals surface area (Å²) in [7, 11) is 0. The maximum atomic E-state index is 10.8. The van der Waals surface area contributed by atoms with Gasteiger partial charge >= 0.3 is 0 Å². The molecule has 0 spiro atoms. The van der Waals surface area contributed by atoms with Crippen LogP contribution < -0.4 is 11.5 Å². The SMILES string of the molecule is NC(=O)c1oc(C(N)=O)c2c1CC2. The first-order chi connectivity index (χ1) is 6.11. The number of hydrogen-bond donors (Lipinski definition) is 2. The molecule has 1 aliphatic rings. The van der Waals surface area contributed by atoms with Crippen molar-refractivity contribution in [3.05, 3.63) is 22.6 Å². The van der Waals surface area contributed by atoms with Crippen molar-refractivity contribution in [2.45, 2.75) is 12.8 Å². The second-order valence-electron chi connectivity index (χ2n) is 2.95. The molecule has 0 unspecified atom stereocenters. The quantitative estimate of drug-likeness (QED) is 0.646. The molecule has 0 aliphatic heterocycles. The van der Waals surface area contributed by atoms with Gasteiger partial charge in [-0.1, -0.05) is 0 Å². The first-order valence-electron chi connectivity index (χ1n) is 3.85. The number of fused-ring (bicyclic) bond motifs is 1. The fraction of sp³-hybridized carbons (Fsp3) is 0.250. The van der Waals surface area contributed by atoms with Crippen molar-refractivity contribution in [2.75, 3.05) is 0 Å². The van der Waals surface area contributed by atoms with Crippen molar-refractivity contribution in [3.63, 3.8) is 0 Å². The van der Waals surface area contributed by atoms with Crippen LogP contribution in [0.15, 0.2) is 4.42 Å². The number of furan rings is 1. The molecule has 0 atom stereocenters. The van der Waals surface area contributed by atoms with Crippen molar-refractivity contribution in [2.24, 2.45) is 11.5 Å². The Morgan fingerprint density at radius 3 is 1.54 bits per heavy atom. The molecule has 5 heteroatoms. The van der Waals surface area contributed by atoms with Crippen LogP contribution in [0.2, 0.25) is 0 Å². The van der Waals surface area contributed by atoms with E-state index < -0.39 is 11.8 Å². The minimum Gasteiger partial charge on any atom is -0.445 e. The number of carbonyl (C=O) groups excluding carboxylic acids is 2. The molecular formula is C8H8N2O3. The Morgan fingerprint density at radius 1 is 1.00 bits per heavy atom. The van der Waals surface area contributed by atoms with Crippen LogP contribution in [0.3, 0.4) is 0 Å². The summed E-state index contributed by atoms with van der Waals surface area (Å²) in [4.78, 5) is 21.6. The average Bonchev–Trinajstić information content (AvgIpc) is 2.22. The van der Waals surface area contributed by atoms with E-state index >= 15 is 0 Å². The van der Waals surface area contributed by atoms with Crippen LogP contribution >= 0.6 is 0 Å². The molecule has 2 rings (SSSR count). The predicted molar refractivity (Wildman–Crippen MR) is 43.2 cm³/mol. The third-order valence-corrected chi connectivity index (χ3v) is 2.19. The van der Waals surface area contributed by atoms with Crippen LogP contribution in [-0.4, -0.2) is 11.8 Å². The monoisotopic (exact) mass is 180 g/mol. The van der Waals surface area contributed by atoms with Crippen LogP contribution in [-0.2, 0) is 12.8 Å². The maximum absolute atomic E-state index is 10.8. The lowest BCUT2D eigenvalue weighted by Gasteiger charge is -2.12. The Morgan fingerprint density at radius 2 is 1.38 bits per heavy atom. The van der Waals surface area contributed by atoms with Crippen molar-refractivity contribution < 1.29 is 14.0 Å². The third-order valence-electron chi connectivity index (χ3n) is 2.19. The van der Waals surface area contributed by atoms with Gasteiger partial charge in [0.05, 0.1) is 0 Å². The highest BCUT2D eigenvalue weighted by atomic mass is 16.4. The average molecular weight is 180 g/mol. The van der Waals surface area contributed by atoms with Crippen molar-refractivity contribution in [1.29, 1.82) is 0 Å². The summed E-state index contributed by atoms with van der Waals surface area (Å²) < 4.78 is 4.98. The van der Waals surface area contributed by atoms with Gasteiger partial charge < -0.3 is 15.9 Å². The second kappa shape index (κ2) is 2.35. The van der Waals surface area contributed by atoms with Gasteiger partial charge in [-0.15, -0.1) is 0 Å². The zero-order valence-electron chi connectivity index (χ0n) is 6.79. The fourth-order valence-electron chi connectivity index (χ4n) is 1.50. The molecular weight excluding hydrogens is 172 g/mol. The Hall–Kier alpha value is -1.78. The van der Waals surface area contributed by atoms with Crippen LogP contribution in [0.5, 0.6) is 0 Å². The van der Waals surface area contributed by atoms with Gasteiger partial charge in [-0.2, -0.15) is 0 Å². The molecule has 2 amide bonds. The minimum absolute atomic E-state index is 0.0788. The number of hydrogen-bond acceptors (Lipinski definition) is 3. The summed E-state index contributed by atoms with van der Waals surface area (Å²) in [6, 6.07) is 0. The number of nitrogens with two attached hydrogens (primary N) is 2. The summed E-state index contributed by atoms with van der Waals surface area (Å²) in [5.41, 5.74) is 11.6. The molecule has 68 valence electrons. The summed E-state index contributed by atoms with van der Waals surface area (Å²) in [6.07, 6.45) is 1.45. The molecule has 1 aliphatic carbocycles. The van der Waals surface area contributed by atoms with Gasteiger partial charge in [-0.3, -0.25) is 9.59 Å². The van der Waals surface area contributed by atoms with Crippen molar-refractivity contribution >= 4 is 11.8 Å². The van der Waals surface area contributed by atoms with E-state index in [4.69, 9.17) is 15.9 Å². The first-order valence-corrected chi connectivity index (χ1v) is 3.85. The highest BCUT2D eigenvalue weighted by molar-refractivity contribution is 5.98.